The Labute approximate surface area is 115 Å². The minimum Gasteiger partial charge on any atom is -0.327 e. The molecule has 0 aliphatic rings. The second-order valence-corrected chi connectivity index (χ2v) is 5.81. The molecule has 0 amide bonds. The largest absolute Gasteiger partial charge is 0.327 e. The lowest BCUT2D eigenvalue weighted by atomic mass is 10.2. The maximum absolute atomic E-state index is 12.1. The van der Waals surface area contributed by atoms with E-state index in [2.05, 4.69) is 9.71 Å². The molecule has 0 atom stereocenters. The Morgan fingerprint density at radius 3 is 2.25 bits per heavy atom. The van der Waals surface area contributed by atoms with Crippen LogP contribution in [-0.4, -0.2) is 19.2 Å². The van der Waals surface area contributed by atoms with Crippen LogP contribution in [0.4, 0.5) is 5.69 Å². The summed E-state index contributed by atoms with van der Waals surface area (Å²) in [6, 6.07) is 8.18. The third-order valence-corrected chi connectivity index (χ3v) is 4.00. The summed E-state index contributed by atoms with van der Waals surface area (Å²) in [7, 11) is -3.75. The minimum absolute atomic E-state index is 0.0358. The molecule has 0 fully saturated rings. The molecule has 0 saturated heterocycles. The zero-order chi connectivity index (χ0) is 14.8. The number of benzene rings is 1. The molecule has 0 aliphatic heterocycles. The third-order valence-electron chi connectivity index (χ3n) is 2.61. The number of hydrogen-bond acceptors (Lipinski definition) is 4. The van der Waals surface area contributed by atoms with Crippen LogP contribution in [0.5, 0.6) is 0 Å². The highest BCUT2D eigenvalue weighted by Gasteiger charge is 2.14. The van der Waals surface area contributed by atoms with Crippen molar-refractivity contribution < 1.29 is 13.2 Å². The van der Waals surface area contributed by atoms with Crippen LogP contribution >= 0.6 is 0 Å². The van der Waals surface area contributed by atoms with E-state index in [4.69, 9.17) is 0 Å². The molecule has 0 spiro atoms. The standard InChI is InChI=1S/C13H12N2O4S/c1-9(16)10-2-5-12(6-3-10)20(18,19)15-11-4-7-13(17)14-8-11/h2-8,15H,1H3,(H,14,17). The molecule has 0 saturated carbocycles. The van der Waals surface area contributed by atoms with E-state index < -0.39 is 10.0 Å². The van der Waals surface area contributed by atoms with Crippen molar-refractivity contribution in [1.82, 2.24) is 4.98 Å². The minimum atomic E-state index is -3.75. The number of aromatic nitrogens is 1. The highest BCUT2D eigenvalue weighted by atomic mass is 32.2. The topological polar surface area (TPSA) is 96.1 Å². The summed E-state index contributed by atoms with van der Waals surface area (Å²) in [4.78, 5) is 24.4. The van der Waals surface area contributed by atoms with Crippen molar-refractivity contribution in [2.24, 2.45) is 0 Å². The fourth-order valence-corrected chi connectivity index (χ4v) is 2.61. The first-order valence-corrected chi connectivity index (χ1v) is 7.19. The van der Waals surface area contributed by atoms with Gasteiger partial charge < -0.3 is 4.98 Å². The lowest BCUT2D eigenvalue weighted by molar-refractivity contribution is 0.101. The second-order valence-electron chi connectivity index (χ2n) is 4.13. The van der Waals surface area contributed by atoms with E-state index in [-0.39, 0.29) is 21.9 Å². The smallest absolute Gasteiger partial charge is 0.261 e. The molecule has 0 unspecified atom stereocenters. The molecule has 2 rings (SSSR count). The summed E-state index contributed by atoms with van der Waals surface area (Å²) in [6.07, 6.45) is 1.27. The van der Waals surface area contributed by atoms with Crippen LogP contribution in [0.15, 0.2) is 52.3 Å². The zero-order valence-electron chi connectivity index (χ0n) is 10.6. The van der Waals surface area contributed by atoms with Crippen LogP contribution in [-0.2, 0) is 10.0 Å². The first-order valence-electron chi connectivity index (χ1n) is 5.71. The van der Waals surface area contributed by atoms with Crippen molar-refractivity contribution in [2.75, 3.05) is 4.72 Å². The van der Waals surface area contributed by atoms with E-state index in [1.807, 2.05) is 0 Å². The number of H-pyrrole nitrogens is 1. The van der Waals surface area contributed by atoms with Gasteiger partial charge in [-0.3, -0.25) is 14.3 Å². The van der Waals surface area contributed by atoms with Gasteiger partial charge in [0.25, 0.3) is 10.0 Å². The average Bonchev–Trinajstić information content (AvgIpc) is 2.41. The van der Waals surface area contributed by atoms with Crippen LogP contribution in [0.1, 0.15) is 17.3 Å². The third kappa shape index (κ3) is 3.12. The Morgan fingerprint density at radius 1 is 1.10 bits per heavy atom. The number of carbonyl (C=O) groups is 1. The predicted octanol–water partition coefficient (Wildman–Crippen LogP) is 1.38. The van der Waals surface area contributed by atoms with Crippen molar-refractivity contribution in [3.63, 3.8) is 0 Å². The Balaban J connectivity index is 2.28. The molecule has 6 nitrogen and oxygen atoms in total. The summed E-state index contributed by atoms with van der Waals surface area (Å²) in [6.45, 7) is 1.40. The number of pyridine rings is 1. The molecule has 0 aliphatic carbocycles. The van der Waals surface area contributed by atoms with Crippen LogP contribution in [0.2, 0.25) is 0 Å². The fourth-order valence-electron chi connectivity index (χ4n) is 1.56. The van der Waals surface area contributed by atoms with E-state index in [1.54, 1.807) is 0 Å². The van der Waals surface area contributed by atoms with Gasteiger partial charge in [-0.05, 0) is 25.1 Å². The Morgan fingerprint density at radius 2 is 1.75 bits per heavy atom. The first kappa shape index (κ1) is 14.0. The number of ketones is 1. The lowest BCUT2D eigenvalue weighted by Gasteiger charge is -2.07. The highest BCUT2D eigenvalue weighted by molar-refractivity contribution is 7.92. The predicted molar refractivity (Wildman–Crippen MR) is 74.3 cm³/mol. The van der Waals surface area contributed by atoms with Gasteiger partial charge in [0, 0.05) is 17.8 Å². The summed E-state index contributed by atoms with van der Waals surface area (Å²) < 4.78 is 26.5. The monoisotopic (exact) mass is 292 g/mol. The van der Waals surface area contributed by atoms with Gasteiger partial charge in [0.05, 0.1) is 10.6 Å². The molecule has 2 N–H and O–H groups in total. The van der Waals surface area contributed by atoms with Gasteiger partial charge in [-0.15, -0.1) is 0 Å². The van der Waals surface area contributed by atoms with E-state index in [9.17, 15) is 18.0 Å². The van der Waals surface area contributed by atoms with E-state index >= 15 is 0 Å². The summed E-state index contributed by atoms with van der Waals surface area (Å²) in [5, 5.41) is 0. The van der Waals surface area contributed by atoms with Crippen molar-refractivity contribution in [3.05, 3.63) is 58.5 Å². The molecule has 7 heteroatoms. The zero-order valence-corrected chi connectivity index (χ0v) is 11.4. The molecule has 0 bridgehead atoms. The van der Waals surface area contributed by atoms with Gasteiger partial charge in [0.1, 0.15) is 0 Å². The van der Waals surface area contributed by atoms with Gasteiger partial charge in [-0.25, -0.2) is 8.42 Å². The number of aromatic amines is 1. The number of hydrogen-bond donors (Lipinski definition) is 2. The Bertz CT molecular complexity index is 771. The molecular weight excluding hydrogens is 280 g/mol. The SMILES string of the molecule is CC(=O)c1ccc(S(=O)(=O)Nc2ccc(=O)[nH]c2)cc1. The summed E-state index contributed by atoms with van der Waals surface area (Å²) in [5.41, 5.74) is 0.368. The molecule has 1 aromatic carbocycles. The molecule has 2 aromatic rings. The molecule has 1 heterocycles. The average molecular weight is 292 g/mol. The summed E-state index contributed by atoms with van der Waals surface area (Å²) in [5.74, 6) is -0.137. The quantitative estimate of drug-likeness (QED) is 0.832. The number of anilines is 1. The van der Waals surface area contributed by atoms with Gasteiger partial charge in [0.15, 0.2) is 5.78 Å². The number of nitrogens with one attached hydrogen (secondary N) is 2. The van der Waals surface area contributed by atoms with Crippen molar-refractivity contribution in [3.8, 4) is 0 Å². The normalized spacial score (nSPS) is 11.1. The van der Waals surface area contributed by atoms with E-state index in [0.29, 0.717) is 5.56 Å². The Hall–Kier alpha value is -2.41. The number of sulfonamides is 1. The van der Waals surface area contributed by atoms with E-state index in [0.717, 1.165) is 0 Å². The molecule has 1 aromatic heterocycles. The molecule has 20 heavy (non-hydrogen) atoms. The Kier molecular flexibility index (Phi) is 3.71. The lowest BCUT2D eigenvalue weighted by Crippen LogP contribution is -2.14. The van der Waals surface area contributed by atoms with Crippen LogP contribution in [0.25, 0.3) is 0 Å². The molecular formula is C13H12N2O4S. The first-order chi connectivity index (χ1) is 9.38. The molecule has 0 radical (unpaired) electrons. The van der Waals surface area contributed by atoms with Crippen molar-refractivity contribution in [2.45, 2.75) is 11.8 Å². The summed E-state index contributed by atoms with van der Waals surface area (Å²) >= 11 is 0. The van der Waals surface area contributed by atoms with Gasteiger partial charge in [0.2, 0.25) is 5.56 Å². The van der Waals surface area contributed by atoms with Crippen LogP contribution in [0.3, 0.4) is 0 Å². The number of rotatable bonds is 4. The second kappa shape index (κ2) is 5.30. The fraction of sp³-hybridized carbons (Fsp3) is 0.0769. The number of carbonyl (C=O) groups excluding carboxylic acids is 1. The van der Waals surface area contributed by atoms with Crippen LogP contribution in [0, 0.1) is 0 Å². The maximum Gasteiger partial charge on any atom is 0.261 e. The van der Waals surface area contributed by atoms with Crippen molar-refractivity contribution >= 4 is 21.5 Å². The van der Waals surface area contributed by atoms with Gasteiger partial charge in [-0.1, -0.05) is 12.1 Å². The highest BCUT2D eigenvalue weighted by Crippen LogP contribution is 2.15. The van der Waals surface area contributed by atoms with Crippen molar-refractivity contribution in [1.29, 1.82) is 0 Å². The van der Waals surface area contributed by atoms with E-state index in [1.165, 1.54) is 49.5 Å². The van der Waals surface area contributed by atoms with Gasteiger partial charge >= 0.3 is 0 Å². The van der Waals surface area contributed by atoms with Gasteiger partial charge in [-0.2, -0.15) is 0 Å². The molecule has 104 valence electrons. The van der Waals surface area contributed by atoms with Crippen LogP contribution < -0.4 is 10.3 Å². The number of Topliss-reactive ketones (excluding diaryl/α,β-unsaturated/α-hetero) is 1. The maximum atomic E-state index is 12.1.